The Balaban J connectivity index is 1.59. The van der Waals surface area contributed by atoms with Crippen LogP contribution in [0.15, 0.2) is 4.79 Å². The molecule has 0 bridgehead atoms. The fraction of sp³-hybridized carbons (Fsp3) is 0.667. The van der Waals surface area contributed by atoms with Crippen LogP contribution < -0.4 is 10.9 Å². The summed E-state index contributed by atoms with van der Waals surface area (Å²) < 4.78 is 5.65. The zero-order valence-electron chi connectivity index (χ0n) is 14.4. The number of hydrogen-bond donors (Lipinski definition) is 2. The molecule has 0 radical (unpaired) electrons. The Morgan fingerprint density at radius 3 is 3.12 bits per heavy atom. The van der Waals surface area contributed by atoms with Gasteiger partial charge < -0.3 is 15.0 Å². The second-order valence-corrected chi connectivity index (χ2v) is 8.33. The minimum atomic E-state index is 0.0179. The molecule has 2 aliphatic rings. The summed E-state index contributed by atoms with van der Waals surface area (Å²) in [5, 5.41) is 4.28. The van der Waals surface area contributed by atoms with E-state index in [2.05, 4.69) is 24.1 Å². The van der Waals surface area contributed by atoms with E-state index in [1.807, 2.05) is 0 Å². The summed E-state index contributed by atoms with van der Waals surface area (Å²) in [4.78, 5) is 22.7. The van der Waals surface area contributed by atoms with Crippen molar-refractivity contribution < 1.29 is 4.74 Å². The van der Waals surface area contributed by atoms with Crippen LogP contribution in [0.3, 0.4) is 0 Å². The van der Waals surface area contributed by atoms with Gasteiger partial charge in [0, 0.05) is 18.0 Å². The fourth-order valence-corrected chi connectivity index (χ4v) is 5.17. The number of rotatable bonds is 4. The first-order valence-corrected chi connectivity index (χ1v) is 9.83. The Morgan fingerprint density at radius 2 is 2.33 bits per heavy atom. The van der Waals surface area contributed by atoms with Crippen molar-refractivity contribution in [1.29, 1.82) is 0 Å². The summed E-state index contributed by atoms with van der Waals surface area (Å²) >= 11 is 1.71. The van der Waals surface area contributed by atoms with Crippen LogP contribution in [0.4, 0.5) is 0 Å². The van der Waals surface area contributed by atoms with Crippen molar-refractivity contribution in [3.63, 3.8) is 0 Å². The van der Waals surface area contributed by atoms with Gasteiger partial charge in [0.2, 0.25) is 0 Å². The Kier molecular flexibility index (Phi) is 4.45. The molecule has 1 aliphatic carbocycles. The van der Waals surface area contributed by atoms with Crippen molar-refractivity contribution >= 4 is 21.6 Å². The average molecular weight is 347 g/mol. The molecular weight excluding hydrogens is 322 g/mol. The van der Waals surface area contributed by atoms with Gasteiger partial charge in [-0.3, -0.25) is 4.79 Å². The molecule has 2 aromatic rings. The molecule has 2 N–H and O–H groups in total. The number of hydrogen-bond acceptors (Lipinski definition) is 5. The third-order valence-electron chi connectivity index (χ3n) is 5.27. The van der Waals surface area contributed by atoms with Crippen molar-refractivity contribution in [2.75, 3.05) is 13.2 Å². The highest BCUT2D eigenvalue weighted by atomic mass is 32.1. The van der Waals surface area contributed by atoms with E-state index in [1.54, 1.807) is 11.3 Å². The zero-order chi connectivity index (χ0) is 16.7. The maximum Gasteiger partial charge on any atom is 0.259 e. The second kappa shape index (κ2) is 6.58. The number of aromatic amines is 1. The van der Waals surface area contributed by atoms with Gasteiger partial charge in [0.15, 0.2) is 0 Å². The molecule has 1 aliphatic heterocycles. The Hall–Kier alpha value is -1.24. The summed E-state index contributed by atoms with van der Waals surface area (Å²) in [5.74, 6) is 1.44. The first-order valence-electron chi connectivity index (χ1n) is 9.01. The van der Waals surface area contributed by atoms with Crippen molar-refractivity contribution in [2.24, 2.45) is 5.92 Å². The van der Waals surface area contributed by atoms with Crippen molar-refractivity contribution in [2.45, 2.75) is 58.1 Å². The van der Waals surface area contributed by atoms with Crippen LogP contribution in [0.2, 0.25) is 0 Å². The van der Waals surface area contributed by atoms with E-state index in [0.29, 0.717) is 12.0 Å². The molecule has 130 valence electrons. The van der Waals surface area contributed by atoms with Gasteiger partial charge in [-0.15, -0.1) is 11.3 Å². The SMILES string of the molecule is C[C@H]1CCc2c(sc3nc([C@@H](C)NC[C@@H]4CCCO4)[nH]c(=O)c23)C1. The van der Waals surface area contributed by atoms with Crippen LogP contribution >= 0.6 is 11.3 Å². The van der Waals surface area contributed by atoms with Gasteiger partial charge in [-0.2, -0.15) is 0 Å². The standard InChI is InChI=1S/C18H25N3O2S/c1-10-5-6-13-14(8-10)24-18-15(13)17(22)20-16(21-18)11(2)19-9-12-4-3-7-23-12/h10-12,19H,3-9H2,1-2H3,(H,20,21,22)/t10-,11+,12-/m0/s1. The number of nitrogens with zero attached hydrogens (tertiary/aromatic N) is 1. The van der Waals surface area contributed by atoms with Crippen LogP contribution in [0.1, 0.15) is 55.4 Å². The average Bonchev–Trinajstić information content (AvgIpc) is 3.18. The van der Waals surface area contributed by atoms with Gasteiger partial charge >= 0.3 is 0 Å². The number of fused-ring (bicyclic) bond motifs is 3. The predicted octanol–water partition coefficient (Wildman–Crippen LogP) is 2.94. The van der Waals surface area contributed by atoms with Crippen LogP contribution in [0, 0.1) is 5.92 Å². The topological polar surface area (TPSA) is 67.0 Å². The van der Waals surface area contributed by atoms with Gasteiger partial charge in [-0.25, -0.2) is 4.98 Å². The smallest absolute Gasteiger partial charge is 0.259 e. The van der Waals surface area contributed by atoms with E-state index >= 15 is 0 Å². The van der Waals surface area contributed by atoms with Gasteiger partial charge in [-0.05, 0) is 50.5 Å². The quantitative estimate of drug-likeness (QED) is 0.892. The fourth-order valence-electron chi connectivity index (χ4n) is 3.78. The van der Waals surface area contributed by atoms with E-state index in [1.165, 1.54) is 16.9 Å². The molecule has 0 saturated carbocycles. The Morgan fingerprint density at radius 1 is 1.46 bits per heavy atom. The highest BCUT2D eigenvalue weighted by Gasteiger charge is 2.24. The lowest BCUT2D eigenvalue weighted by Gasteiger charge is -2.17. The molecule has 3 atom stereocenters. The van der Waals surface area contributed by atoms with Crippen LogP contribution in [0.5, 0.6) is 0 Å². The lowest BCUT2D eigenvalue weighted by atomic mass is 9.89. The van der Waals surface area contributed by atoms with Crippen molar-refractivity contribution in [3.05, 3.63) is 26.6 Å². The van der Waals surface area contributed by atoms with Crippen LogP contribution in [-0.4, -0.2) is 29.2 Å². The van der Waals surface area contributed by atoms with Gasteiger partial charge in [0.05, 0.1) is 17.5 Å². The lowest BCUT2D eigenvalue weighted by molar-refractivity contribution is 0.107. The molecule has 6 heteroatoms. The maximum absolute atomic E-state index is 12.6. The first kappa shape index (κ1) is 16.2. The monoisotopic (exact) mass is 347 g/mol. The second-order valence-electron chi connectivity index (χ2n) is 7.25. The third kappa shape index (κ3) is 3.03. The molecule has 1 saturated heterocycles. The normalized spacial score (nSPS) is 25.1. The van der Waals surface area contributed by atoms with Gasteiger partial charge in [0.1, 0.15) is 10.7 Å². The molecule has 5 nitrogen and oxygen atoms in total. The first-order chi connectivity index (χ1) is 11.6. The number of thiophene rings is 1. The number of H-pyrrole nitrogens is 1. The summed E-state index contributed by atoms with van der Waals surface area (Å²) in [6.07, 6.45) is 5.79. The molecular formula is C18H25N3O2S. The van der Waals surface area contributed by atoms with Crippen molar-refractivity contribution in [3.8, 4) is 0 Å². The molecule has 24 heavy (non-hydrogen) atoms. The minimum absolute atomic E-state index is 0.0179. The van der Waals surface area contributed by atoms with Gasteiger partial charge in [-0.1, -0.05) is 6.92 Å². The molecule has 3 heterocycles. The largest absolute Gasteiger partial charge is 0.377 e. The minimum Gasteiger partial charge on any atom is -0.377 e. The molecule has 2 aromatic heterocycles. The van der Waals surface area contributed by atoms with Gasteiger partial charge in [0.25, 0.3) is 5.56 Å². The number of aryl methyl sites for hydroxylation is 1. The summed E-state index contributed by atoms with van der Waals surface area (Å²) in [6, 6.07) is 0.0179. The summed E-state index contributed by atoms with van der Waals surface area (Å²) in [6.45, 7) is 6.00. The molecule has 0 amide bonds. The zero-order valence-corrected chi connectivity index (χ0v) is 15.2. The Bertz CT molecular complexity index is 791. The van der Waals surface area contributed by atoms with E-state index in [4.69, 9.17) is 9.72 Å². The maximum atomic E-state index is 12.6. The predicted molar refractivity (Wildman–Crippen MR) is 96.8 cm³/mol. The highest BCUT2D eigenvalue weighted by molar-refractivity contribution is 7.18. The number of ether oxygens (including phenoxy) is 1. The summed E-state index contributed by atoms with van der Waals surface area (Å²) in [7, 11) is 0. The lowest BCUT2D eigenvalue weighted by Crippen LogP contribution is -2.30. The molecule has 1 fully saturated rings. The molecule has 0 unspecified atom stereocenters. The van der Waals surface area contributed by atoms with Crippen LogP contribution in [0.25, 0.3) is 10.2 Å². The molecule has 0 aromatic carbocycles. The Labute approximate surface area is 145 Å². The third-order valence-corrected chi connectivity index (χ3v) is 6.42. The molecule has 0 spiro atoms. The summed E-state index contributed by atoms with van der Waals surface area (Å²) in [5.41, 5.74) is 1.26. The van der Waals surface area contributed by atoms with E-state index < -0.39 is 0 Å². The highest BCUT2D eigenvalue weighted by Crippen LogP contribution is 2.35. The number of aromatic nitrogens is 2. The van der Waals surface area contributed by atoms with Crippen LogP contribution in [-0.2, 0) is 17.6 Å². The number of nitrogens with one attached hydrogen (secondary N) is 2. The van der Waals surface area contributed by atoms with E-state index in [-0.39, 0.29) is 11.6 Å². The van der Waals surface area contributed by atoms with Crippen molar-refractivity contribution in [1.82, 2.24) is 15.3 Å². The van der Waals surface area contributed by atoms with E-state index in [0.717, 1.165) is 54.9 Å². The molecule has 4 rings (SSSR count). The van der Waals surface area contributed by atoms with E-state index in [9.17, 15) is 4.79 Å².